The molecule has 4 rings (SSSR count). The molecule has 1 unspecified atom stereocenters. The smallest absolute Gasteiger partial charge is 0.179 e. The average Bonchev–Trinajstić information content (AvgIpc) is 3.03. The predicted molar refractivity (Wildman–Crippen MR) is 86.0 cm³/mol. The Morgan fingerprint density at radius 3 is 3.17 bits per heavy atom. The monoisotopic (exact) mass is 334 g/mol. The lowest BCUT2D eigenvalue weighted by molar-refractivity contribution is 0.171. The fraction of sp³-hybridized carbons (Fsp3) is 0.500. The summed E-state index contributed by atoms with van der Waals surface area (Å²) in [5, 5.41) is 12.2. The average molecular weight is 335 g/mol. The van der Waals surface area contributed by atoms with E-state index in [0.29, 0.717) is 29.9 Å². The maximum atomic E-state index is 6.27. The van der Waals surface area contributed by atoms with E-state index in [9.17, 15) is 0 Å². The van der Waals surface area contributed by atoms with Gasteiger partial charge in [0.2, 0.25) is 0 Å². The van der Waals surface area contributed by atoms with Gasteiger partial charge in [0, 0.05) is 19.5 Å². The first-order valence-corrected chi connectivity index (χ1v) is 8.33. The summed E-state index contributed by atoms with van der Waals surface area (Å²) in [5.74, 6) is 3.10. The molecule has 0 fully saturated rings. The summed E-state index contributed by atoms with van der Waals surface area (Å²) >= 11 is 6.27. The Labute approximate surface area is 139 Å². The van der Waals surface area contributed by atoms with Gasteiger partial charge in [-0.1, -0.05) is 11.6 Å². The van der Waals surface area contributed by atoms with Gasteiger partial charge in [0.05, 0.1) is 5.02 Å². The van der Waals surface area contributed by atoms with Crippen molar-refractivity contribution in [2.24, 2.45) is 5.92 Å². The minimum Gasteiger partial charge on any atom is -0.486 e. The second-order valence-electron chi connectivity index (χ2n) is 6.04. The largest absolute Gasteiger partial charge is 0.486 e. The lowest BCUT2D eigenvalue weighted by Gasteiger charge is -2.23. The Morgan fingerprint density at radius 1 is 1.30 bits per heavy atom. The molecule has 0 amide bonds. The van der Waals surface area contributed by atoms with E-state index in [1.165, 1.54) is 0 Å². The topological polar surface area (TPSA) is 61.2 Å². The summed E-state index contributed by atoms with van der Waals surface area (Å²) in [6.07, 6.45) is 3.97. The molecule has 1 aromatic carbocycles. The summed E-state index contributed by atoms with van der Waals surface area (Å²) in [6, 6.07) is 3.95. The number of rotatable bonds is 4. The molecule has 0 aliphatic carbocycles. The summed E-state index contributed by atoms with van der Waals surface area (Å²) in [7, 11) is 0. The van der Waals surface area contributed by atoms with E-state index in [4.69, 9.17) is 21.1 Å². The lowest BCUT2D eigenvalue weighted by atomic mass is 9.99. The third-order valence-corrected chi connectivity index (χ3v) is 4.63. The van der Waals surface area contributed by atoms with Crippen LogP contribution in [0.15, 0.2) is 18.5 Å². The summed E-state index contributed by atoms with van der Waals surface area (Å²) in [4.78, 5) is 0. The van der Waals surface area contributed by atoms with E-state index in [1.807, 2.05) is 18.5 Å². The van der Waals surface area contributed by atoms with Crippen LogP contribution in [0.25, 0.3) is 0 Å². The molecule has 23 heavy (non-hydrogen) atoms. The van der Waals surface area contributed by atoms with Crippen LogP contribution >= 0.6 is 11.6 Å². The van der Waals surface area contributed by atoms with Gasteiger partial charge in [0.25, 0.3) is 0 Å². The van der Waals surface area contributed by atoms with Crippen LogP contribution < -0.4 is 14.8 Å². The van der Waals surface area contributed by atoms with Crippen LogP contribution in [-0.2, 0) is 19.5 Å². The quantitative estimate of drug-likeness (QED) is 0.927. The van der Waals surface area contributed by atoms with E-state index in [2.05, 4.69) is 20.1 Å². The Kier molecular flexibility index (Phi) is 4.10. The van der Waals surface area contributed by atoms with Gasteiger partial charge in [-0.05, 0) is 36.6 Å². The van der Waals surface area contributed by atoms with Gasteiger partial charge in [-0.2, -0.15) is 0 Å². The fourth-order valence-electron chi connectivity index (χ4n) is 3.18. The molecule has 0 spiro atoms. The van der Waals surface area contributed by atoms with Crippen molar-refractivity contribution in [1.82, 2.24) is 20.1 Å². The first kappa shape index (κ1) is 14.8. The Morgan fingerprint density at radius 2 is 2.22 bits per heavy atom. The van der Waals surface area contributed by atoms with Gasteiger partial charge >= 0.3 is 0 Å². The van der Waals surface area contributed by atoms with Gasteiger partial charge in [-0.3, -0.25) is 0 Å². The van der Waals surface area contributed by atoms with Crippen molar-refractivity contribution in [1.29, 1.82) is 0 Å². The summed E-state index contributed by atoms with van der Waals surface area (Å²) in [6.45, 7) is 3.84. The molecule has 0 saturated carbocycles. The highest BCUT2D eigenvalue weighted by Crippen LogP contribution is 2.38. The van der Waals surface area contributed by atoms with Gasteiger partial charge in [0.15, 0.2) is 11.5 Å². The van der Waals surface area contributed by atoms with Gasteiger partial charge in [-0.15, -0.1) is 10.2 Å². The number of benzene rings is 1. The number of fused-ring (bicyclic) bond motifs is 2. The second-order valence-corrected chi connectivity index (χ2v) is 6.44. The highest BCUT2D eigenvalue weighted by atomic mass is 35.5. The molecule has 1 N–H and O–H groups in total. The first-order valence-electron chi connectivity index (χ1n) is 7.95. The maximum absolute atomic E-state index is 6.27. The molecule has 1 atom stereocenters. The number of nitrogens with zero attached hydrogens (tertiary/aromatic N) is 3. The van der Waals surface area contributed by atoms with Crippen LogP contribution in [0.4, 0.5) is 0 Å². The highest BCUT2D eigenvalue weighted by molar-refractivity contribution is 6.32. The van der Waals surface area contributed by atoms with E-state index >= 15 is 0 Å². The fourth-order valence-corrected chi connectivity index (χ4v) is 3.47. The number of hydrogen-bond donors (Lipinski definition) is 1. The molecule has 122 valence electrons. The first-order chi connectivity index (χ1) is 11.3. The summed E-state index contributed by atoms with van der Waals surface area (Å²) in [5.41, 5.74) is 1.11. The second kappa shape index (κ2) is 6.37. The van der Waals surface area contributed by atoms with Crippen molar-refractivity contribution in [3.63, 3.8) is 0 Å². The number of halogens is 1. The Balaban J connectivity index is 1.34. The van der Waals surface area contributed by atoms with Crippen LogP contribution in [-0.4, -0.2) is 34.5 Å². The molecule has 0 radical (unpaired) electrons. The highest BCUT2D eigenvalue weighted by Gasteiger charge is 2.20. The third kappa shape index (κ3) is 3.14. The number of ether oxygens (including phenoxy) is 2. The molecule has 7 heteroatoms. The van der Waals surface area contributed by atoms with Crippen LogP contribution in [0.2, 0.25) is 5.02 Å². The van der Waals surface area contributed by atoms with Crippen molar-refractivity contribution in [2.75, 3.05) is 19.8 Å². The Hall–Kier alpha value is -1.79. The van der Waals surface area contributed by atoms with Crippen molar-refractivity contribution in [2.45, 2.75) is 25.9 Å². The minimum absolute atomic E-state index is 0.553. The predicted octanol–water partition coefficient (Wildman–Crippen LogP) is 2.05. The van der Waals surface area contributed by atoms with Crippen molar-refractivity contribution in [3.05, 3.63) is 34.9 Å². The van der Waals surface area contributed by atoms with Crippen molar-refractivity contribution >= 4 is 11.6 Å². The van der Waals surface area contributed by atoms with Gasteiger partial charge in [-0.25, -0.2) is 0 Å². The molecule has 3 heterocycles. The molecule has 1 aromatic heterocycles. The molecular weight excluding hydrogens is 316 g/mol. The van der Waals surface area contributed by atoms with E-state index in [0.717, 1.165) is 49.6 Å². The van der Waals surface area contributed by atoms with E-state index < -0.39 is 0 Å². The van der Waals surface area contributed by atoms with Crippen LogP contribution in [0, 0.1) is 5.92 Å². The zero-order valence-electron chi connectivity index (χ0n) is 12.8. The molecule has 2 aliphatic rings. The zero-order chi connectivity index (χ0) is 15.6. The maximum Gasteiger partial charge on any atom is 0.179 e. The SMILES string of the molecule is Clc1cc(CNCC2CCc3nncn3C2)cc2c1OCCO2. The minimum atomic E-state index is 0.553. The number of aromatic nitrogens is 3. The molecule has 0 bridgehead atoms. The van der Waals surface area contributed by atoms with Gasteiger partial charge < -0.3 is 19.4 Å². The normalized spacial score (nSPS) is 19.4. The van der Waals surface area contributed by atoms with Gasteiger partial charge in [0.1, 0.15) is 25.4 Å². The molecule has 6 nitrogen and oxygen atoms in total. The summed E-state index contributed by atoms with van der Waals surface area (Å²) < 4.78 is 13.3. The van der Waals surface area contributed by atoms with Crippen LogP contribution in [0.5, 0.6) is 11.5 Å². The van der Waals surface area contributed by atoms with Crippen LogP contribution in [0.1, 0.15) is 17.8 Å². The zero-order valence-corrected chi connectivity index (χ0v) is 13.6. The number of aryl methyl sites for hydroxylation is 1. The Bertz CT molecular complexity index is 703. The number of nitrogens with one attached hydrogen (secondary N) is 1. The molecular formula is C16H19ClN4O2. The van der Waals surface area contributed by atoms with E-state index in [-0.39, 0.29) is 0 Å². The van der Waals surface area contributed by atoms with Crippen molar-refractivity contribution < 1.29 is 9.47 Å². The number of hydrogen-bond acceptors (Lipinski definition) is 5. The molecule has 2 aliphatic heterocycles. The lowest BCUT2D eigenvalue weighted by Crippen LogP contribution is -2.29. The molecule has 0 saturated heterocycles. The standard InChI is InChI=1S/C16H19ClN4O2/c17-13-5-12(6-14-16(13)23-4-3-22-14)8-18-7-11-1-2-15-20-19-10-21(15)9-11/h5-6,10-11,18H,1-4,7-9H2. The van der Waals surface area contributed by atoms with Crippen molar-refractivity contribution in [3.8, 4) is 11.5 Å². The third-order valence-electron chi connectivity index (χ3n) is 4.35. The van der Waals surface area contributed by atoms with E-state index in [1.54, 1.807) is 0 Å². The molecule has 2 aromatic rings. The van der Waals surface area contributed by atoms with Crippen LogP contribution in [0.3, 0.4) is 0 Å².